The van der Waals surface area contributed by atoms with Gasteiger partial charge in [0.1, 0.15) is 0 Å². The van der Waals surface area contributed by atoms with Gasteiger partial charge in [0, 0.05) is 17.0 Å². The monoisotopic (exact) mass is 278 g/mol. The van der Waals surface area contributed by atoms with Crippen LogP contribution in [0.2, 0.25) is 0 Å². The maximum absolute atomic E-state index is 4.69. The van der Waals surface area contributed by atoms with E-state index < -0.39 is 0 Å². The first-order valence-corrected chi connectivity index (χ1v) is 8.56. The van der Waals surface area contributed by atoms with E-state index in [2.05, 4.69) is 33.0 Å². The van der Waals surface area contributed by atoms with Gasteiger partial charge in [-0.15, -0.1) is 11.3 Å². The van der Waals surface area contributed by atoms with Crippen LogP contribution in [-0.4, -0.2) is 11.0 Å². The molecule has 1 N–H and O–H groups in total. The Bertz CT molecular complexity index is 454. The van der Waals surface area contributed by atoms with Crippen molar-refractivity contribution in [3.63, 3.8) is 0 Å². The molecule has 5 unspecified atom stereocenters. The number of aromatic nitrogens is 1. The van der Waals surface area contributed by atoms with Crippen molar-refractivity contribution < 1.29 is 0 Å². The Labute approximate surface area is 121 Å². The number of rotatable bonds is 4. The fourth-order valence-corrected chi connectivity index (χ4v) is 5.36. The Hall–Kier alpha value is -0.410. The van der Waals surface area contributed by atoms with Gasteiger partial charge in [-0.05, 0) is 64.7 Å². The number of thiazole rings is 1. The number of nitrogens with zero attached hydrogens (tertiary/aromatic N) is 1. The van der Waals surface area contributed by atoms with Crippen LogP contribution in [0.5, 0.6) is 0 Å². The van der Waals surface area contributed by atoms with Crippen LogP contribution in [0.15, 0.2) is 0 Å². The van der Waals surface area contributed by atoms with Crippen LogP contribution in [-0.2, 0) is 0 Å². The van der Waals surface area contributed by atoms with Gasteiger partial charge in [0.2, 0.25) is 0 Å². The SMILES string of the molecule is Cc1nc(C(C)NC(C)C2CC3CCC2C3)c(C)s1. The lowest BCUT2D eigenvalue weighted by molar-refractivity contribution is 0.247. The average molecular weight is 278 g/mol. The first-order valence-electron chi connectivity index (χ1n) is 7.74. The molecule has 0 aromatic carbocycles. The van der Waals surface area contributed by atoms with E-state index in [1.54, 1.807) is 0 Å². The summed E-state index contributed by atoms with van der Waals surface area (Å²) in [6, 6.07) is 1.02. The zero-order chi connectivity index (χ0) is 13.6. The summed E-state index contributed by atoms with van der Waals surface area (Å²) in [5.74, 6) is 2.94. The lowest BCUT2D eigenvalue weighted by Gasteiger charge is -2.30. The summed E-state index contributed by atoms with van der Waals surface area (Å²) in [5, 5.41) is 5.01. The molecule has 3 heteroatoms. The molecule has 1 aromatic rings. The van der Waals surface area contributed by atoms with E-state index in [0.29, 0.717) is 12.1 Å². The second kappa shape index (κ2) is 5.17. The lowest BCUT2D eigenvalue weighted by atomic mass is 9.83. The molecule has 2 nitrogen and oxygen atoms in total. The molecule has 5 atom stereocenters. The molecule has 2 fully saturated rings. The van der Waals surface area contributed by atoms with E-state index in [0.717, 1.165) is 17.8 Å². The molecule has 0 aliphatic heterocycles. The Kier molecular flexibility index (Phi) is 3.69. The van der Waals surface area contributed by atoms with Crippen LogP contribution in [0.25, 0.3) is 0 Å². The maximum atomic E-state index is 4.69. The molecule has 0 radical (unpaired) electrons. The number of hydrogen-bond donors (Lipinski definition) is 1. The molecule has 2 aliphatic carbocycles. The Morgan fingerprint density at radius 1 is 1.21 bits per heavy atom. The molecule has 0 spiro atoms. The molecule has 3 rings (SSSR count). The topological polar surface area (TPSA) is 24.9 Å². The van der Waals surface area contributed by atoms with E-state index >= 15 is 0 Å². The van der Waals surface area contributed by atoms with E-state index in [1.165, 1.54) is 41.3 Å². The van der Waals surface area contributed by atoms with E-state index in [4.69, 9.17) is 4.98 Å². The lowest BCUT2D eigenvalue weighted by Crippen LogP contribution is -2.38. The number of nitrogens with one attached hydrogen (secondary N) is 1. The highest BCUT2D eigenvalue weighted by Crippen LogP contribution is 2.49. The van der Waals surface area contributed by atoms with Gasteiger partial charge in [0.15, 0.2) is 0 Å². The quantitative estimate of drug-likeness (QED) is 0.891. The van der Waals surface area contributed by atoms with Crippen molar-refractivity contribution in [2.75, 3.05) is 0 Å². The second-order valence-corrected chi connectivity index (χ2v) is 8.10. The molecule has 1 aromatic heterocycles. The van der Waals surface area contributed by atoms with Crippen LogP contribution in [0.3, 0.4) is 0 Å². The van der Waals surface area contributed by atoms with Crippen molar-refractivity contribution in [3.8, 4) is 0 Å². The maximum Gasteiger partial charge on any atom is 0.0900 e. The Morgan fingerprint density at radius 2 is 2.00 bits per heavy atom. The Balaban J connectivity index is 1.63. The molecule has 2 bridgehead atoms. The largest absolute Gasteiger partial charge is 0.306 e. The summed E-state index contributed by atoms with van der Waals surface area (Å²) >= 11 is 1.82. The summed E-state index contributed by atoms with van der Waals surface area (Å²) in [4.78, 5) is 6.07. The summed E-state index contributed by atoms with van der Waals surface area (Å²) in [7, 11) is 0. The van der Waals surface area contributed by atoms with Crippen LogP contribution in [0.1, 0.15) is 61.2 Å². The van der Waals surface area contributed by atoms with Gasteiger partial charge in [-0.1, -0.05) is 6.42 Å². The van der Waals surface area contributed by atoms with Crippen molar-refractivity contribution in [1.29, 1.82) is 0 Å². The smallest absolute Gasteiger partial charge is 0.0900 e. The van der Waals surface area contributed by atoms with Crippen molar-refractivity contribution in [2.24, 2.45) is 17.8 Å². The van der Waals surface area contributed by atoms with Gasteiger partial charge in [-0.25, -0.2) is 4.98 Å². The minimum Gasteiger partial charge on any atom is -0.306 e. The number of aryl methyl sites for hydroxylation is 2. The normalized spacial score (nSPS) is 32.7. The Morgan fingerprint density at radius 3 is 2.53 bits per heavy atom. The van der Waals surface area contributed by atoms with E-state index in [-0.39, 0.29) is 0 Å². The molecule has 1 heterocycles. The fourth-order valence-electron chi connectivity index (χ4n) is 4.45. The predicted octanol–water partition coefficient (Wildman–Crippen LogP) is 4.24. The van der Waals surface area contributed by atoms with Gasteiger partial charge in [-0.2, -0.15) is 0 Å². The molecule has 106 valence electrons. The third-order valence-corrected chi connectivity index (χ3v) is 6.20. The van der Waals surface area contributed by atoms with E-state index in [9.17, 15) is 0 Å². The first kappa shape index (κ1) is 13.6. The highest BCUT2D eigenvalue weighted by Gasteiger charge is 2.42. The van der Waals surface area contributed by atoms with Crippen molar-refractivity contribution >= 4 is 11.3 Å². The van der Waals surface area contributed by atoms with Crippen molar-refractivity contribution in [1.82, 2.24) is 10.3 Å². The molecular weight excluding hydrogens is 252 g/mol. The van der Waals surface area contributed by atoms with Gasteiger partial charge >= 0.3 is 0 Å². The van der Waals surface area contributed by atoms with E-state index in [1.807, 2.05) is 11.3 Å². The molecule has 2 saturated carbocycles. The third-order valence-electron chi connectivity index (χ3n) is 5.30. The molecule has 19 heavy (non-hydrogen) atoms. The third kappa shape index (κ3) is 2.59. The van der Waals surface area contributed by atoms with Gasteiger partial charge in [0.25, 0.3) is 0 Å². The highest BCUT2D eigenvalue weighted by molar-refractivity contribution is 7.11. The van der Waals surface area contributed by atoms with Crippen molar-refractivity contribution in [2.45, 2.75) is 65.5 Å². The van der Waals surface area contributed by atoms with Crippen LogP contribution < -0.4 is 5.32 Å². The average Bonchev–Trinajstić information content (AvgIpc) is 3.03. The van der Waals surface area contributed by atoms with Gasteiger partial charge in [0.05, 0.1) is 10.7 Å². The first-order chi connectivity index (χ1) is 9.04. The molecular formula is C16H26N2S. The van der Waals surface area contributed by atoms with Gasteiger partial charge < -0.3 is 5.32 Å². The molecule has 0 amide bonds. The van der Waals surface area contributed by atoms with Crippen molar-refractivity contribution in [3.05, 3.63) is 15.6 Å². The fraction of sp³-hybridized carbons (Fsp3) is 0.812. The molecule has 0 saturated heterocycles. The minimum absolute atomic E-state index is 0.388. The number of hydrogen-bond acceptors (Lipinski definition) is 3. The van der Waals surface area contributed by atoms with Crippen LogP contribution in [0, 0.1) is 31.6 Å². The van der Waals surface area contributed by atoms with Crippen LogP contribution >= 0.6 is 11.3 Å². The zero-order valence-corrected chi connectivity index (χ0v) is 13.4. The summed E-state index contributed by atoms with van der Waals surface area (Å²) in [6.45, 7) is 8.95. The molecule has 2 aliphatic rings. The second-order valence-electron chi connectivity index (χ2n) is 6.69. The zero-order valence-electron chi connectivity index (χ0n) is 12.6. The van der Waals surface area contributed by atoms with Crippen LogP contribution in [0.4, 0.5) is 0 Å². The predicted molar refractivity (Wildman–Crippen MR) is 81.5 cm³/mol. The standard InChI is InChI=1S/C16H26N2S/c1-9(15-8-13-5-6-14(15)7-13)17-10(2)16-11(3)19-12(4)18-16/h9-10,13-15,17H,5-8H2,1-4H3. The van der Waals surface area contributed by atoms with Gasteiger partial charge in [-0.3, -0.25) is 0 Å². The number of fused-ring (bicyclic) bond motifs is 2. The minimum atomic E-state index is 0.388. The summed E-state index contributed by atoms with van der Waals surface area (Å²) in [6.07, 6.45) is 5.93. The summed E-state index contributed by atoms with van der Waals surface area (Å²) in [5.41, 5.74) is 1.26. The highest BCUT2D eigenvalue weighted by atomic mass is 32.1. The summed E-state index contributed by atoms with van der Waals surface area (Å²) < 4.78 is 0.